The van der Waals surface area contributed by atoms with Crippen molar-refractivity contribution in [1.29, 1.82) is 5.41 Å². The zero-order chi connectivity index (χ0) is 23.3. The summed E-state index contributed by atoms with van der Waals surface area (Å²) in [7, 11) is -4.41. The lowest BCUT2D eigenvalue weighted by molar-refractivity contribution is -0.117. The highest BCUT2D eigenvalue weighted by Gasteiger charge is 2.26. The van der Waals surface area contributed by atoms with E-state index in [1.165, 1.54) is 0 Å². The molecule has 12 nitrogen and oxygen atoms in total. The maximum Gasteiger partial charge on any atom is 0.357 e. The van der Waals surface area contributed by atoms with E-state index in [2.05, 4.69) is 22.9 Å². The summed E-state index contributed by atoms with van der Waals surface area (Å²) in [5.74, 6) is -3.96. The molecule has 0 spiro atoms. The Morgan fingerprint density at radius 1 is 1.35 bits per heavy atom. The third kappa shape index (κ3) is 5.89. The first-order valence-electron chi connectivity index (χ1n) is 8.07. The maximum atomic E-state index is 14.6. The summed E-state index contributed by atoms with van der Waals surface area (Å²) in [5, 5.41) is 17.0. The smallest absolute Gasteiger partial charge is 0.357 e. The molecule has 0 saturated carbocycles. The van der Waals surface area contributed by atoms with Gasteiger partial charge in [0, 0.05) is 13.0 Å². The van der Waals surface area contributed by atoms with Gasteiger partial charge in [0.2, 0.25) is 5.91 Å². The van der Waals surface area contributed by atoms with Crippen molar-refractivity contribution in [1.82, 2.24) is 10.3 Å². The number of carbonyl (C=O) groups is 3. The number of amides is 2. The van der Waals surface area contributed by atoms with E-state index in [0.29, 0.717) is 22.3 Å². The predicted octanol–water partition coefficient (Wildman–Crippen LogP) is 1.04. The number of hydrogen-bond donors (Lipinski definition) is 6. The van der Waals surface area contributed by atoms with E-state index >= 15 is 0 Å². The lowest BCUT2D eigenvalue weighted by Gasteiger charge is -2.20. The third-order valence-corrected chi connectivity index (χ3v) is 5.98. The summed E-state index contributed by atoms with van der Waals surface area (Å²) in [6, 6.07) is 2.37. The highest BCUT2D eigenvalue weighted by molar-refractivity contribution is 7.97. The van der Waals surface area contributed by atoms with Crippen molar-refractivity contribution in [3.05, 3.63) is 35.2 Å². The maximum absolute atomic E-state index is 14.6. The Kier molecular flexibility index (Phi) is 7.53. The van der Waals surface area contributed by atoms with Crippen molar-refractivity contribution in [3.8, 4) is 0 Å². The molecule has 0 atom stereocenters. The van der Waals surface area contributed by atoms with Crippen molar-refractivity contribution in [2.45, 2.75) is 11.3 Å². The highest BCUT2D eigenvalue weighted by atomic mass is 32.2. The number of carbonyl (C=O) groups excluding carboxylic acids is 2. The quantitative estimate of drug-likeness (QED) is 0.178. The van der Waals surface area contributed by atoms with Gasteiger partial charge in [-0.2, -0.15) is 0 Å². The summed E-state index contributed by atoms with van der Waals surface area (Å²) >= 11 is 4.26. The second-order valence-corrected chi connectivity index (χ2v) is 8.58. The van der Waals surface area contributed by atoms with Gasteiger partial charge in [0.25, 0.3) is 15.3 Å². The topological polar surface area (TPSA) is 196 Å². The van der Waals surface area contributed by atoms with E-state index in [0.717, 1.165) is 17.6 Å². The van der Waals surface area contributed by atoms with Crippen molar-refractivity contribution in [2.75, 3.05) is 16.2 Å². The molecule has 0 aliphatic carbocycles. The summed E-state index contributed by atoms with van der Waals surface area (Å²) in [5.41, 5.74) is 5.14. The van der Waals surface area contributed by atoms with Crippen LogP contribution in [0.15, 0.2) is 28.6 Å². The Bertz CT molecular complexity index is 1150. The Hall–Kier alpha value is -3.24. The normalized spacial score (nSPS) is 10.9. The summed E-state index contributed by atoms with van der Waals surface area (Å²) < 4.78 is 41.6. The van der Waals surface area contributed by atoms with Crippen LogP contribution in [0.1, 0.15) is 16.9 Å². The van der Waals surface area contributed by atoms with Gasteiger partial charge >= 0.3 is 5.97 Å². The van der Waals surface area contributed by atoms with Crippen LogP contribution in [0.3, 0.4) is 0 Å². The van der Waals surface area contributed by atoms with Crippen LogP contribution in [0.2, 0.25) is 0 Å². The van der Waals surface area contributed by atoms with Gasteiger partial charge in [0.1, 0.15) is 10.8 Å². The van der Waals surface area contributed by atoms with E-state index < -0.39 is 55.2 Å². The molecule has 0 unspecified atom stereocenters. The van der Waals surface area contributed by atoms with Crippen LogP contribution in [-0.2, 0) is 14.8 Å². The molecule has 6 N–H and O–H groups in total. The average Bonchev–Trinajstić information content (AvgIpc) is 3.10. The molecule has 2 amide bonds. The van der Waals surface area contributed by atoms with Gasteiger partial charge in [-0.3, -0.25) is 19.7 Å². The zero-order valence-corrected chi connectivity index (χ0v) is 17.9. The number of halogens is 1. The first kappa shape index (κ1) is 24.0. The summed E-state index contributed by atoms with van der Waals surface area (Å²) in [6.45, 7) is -0.107. The number of thiazole rings is 1. The number of aromatic carboxylic acids is 1. The molecule has 0 aliphatic rings. The van der Waals surface area contributed by atoms with Crippen molar-refractivity contribution in [2.24, 2.45) is 5.73 Å². The van der Waals surface area contributed by atoms with Gasteiger partial charge in [-0.15, -0.1) is 11.3 Å². The first-order chi connectivity index (χ1) is 14.4. The van der Waals surface area contributed by atoms with E-state index in [9.17, 15) is 27.2 Å². The molecular weight excluding hydrogens is 475 g/mol. The number of hydrogen-bond acceptors (Lipinski definition) is 8. The van der Waals surface area contributed by atoms with E-state index in [4.69, 9.17) is 16.2 Å². The van der Waals surface area contributed by atoms with Gasteiger partial charge in [-0.25, -0.2) is 27.5 Å². The SMILES string of the molecule is N=C(N)NCCC(=O)N(C(=O)S)c1ccc(S(=O)(=O)Nc2scnc2C(=O)O)cc1F. The van der Waals surface area contributed by atoms with Gasteiger partial charge in [-0.05, 0) is 18.2 Å². The van der Waals surface area contributed by atoms with Gasteiger partial charge in [0.15, 0.2) is 11.7 Å². The summed E-state index contributed by atoms with van der Waals surface area (Å²) in [6.07, 6.45) is -0.337. The summed E-state index contributed by atoms with van der Waals surface area (Å²) in [4.78, 5) is 38.4. The third-order valence-electron chi connectivity index (χ3n) is 3.56. The fourth-order valence-electron chi connectivity index (χ4n) is 2.25. The van der Waals surface area contributed by atoms with E-state index in [1.54, 1.807) is 0 Å². The molecule has 1 heterocycles. The number of rotatable bonds is 8. The minimum atomic E-state index is -4.41. The van der Waals surface area contributed by atoms with Crippen LogP contribution in [0.5, 0.6) is 0 Å². The first-order valence-corrected chi connectivity index (χ1v) is 10.9. The minimum absolute atomic E-state index is 0.107. The standard InChI is InChI=1S/C15H15FN6O6S3/c16-8-5-7(31(27,28)21-12-11(13(24)25)20-6-30-12)1-2-9(8)22(15(26)29)10(23)3-4-19-14(17)18/h1-2,5-6,21H,3-4H2,(H,24,25)(H,26,29)(H4,17,18,19). The van der Waals surface area contributed by atoms with Crippen LogP contribution >= 0.6 is 24.0 Å². The zero-order valence-electron chi connectivity index (χ0n) is 15.3. The van der Waals surface area contributed by atoms with Crippen LogP contribution < -0.4 is 20.7 Å². The molecule has 166 valence electrons. The fraction of sp³-hybridized carbons (Fsp3) is 0.133. The largest absolute Gasteiger partial charge is 0.476 e. The van der Waals surface area contributed by atoms with Crippen molar-refractivity contribution in [3.63, 3.8) is 0 Å². The van der Waals surface area contributed by atoms with Crippen LogP contribution in [0.25, 0.3) is 0 Å². The monoisotopic (exact) mass is 490 g/mol. The fourth-order valence-corrected chi connectivity index (χ4v) is 4.47. The lowest BCUT2D eigenvalue weighted by atomic mass is 10.2. The number of imide groups is 1. The number of carboxylic acid groups (broad SMARTS) is 1. The van der Waals surface area contributed by atoms with Gasteiger partial charge < -0.3 is 16.2 Å². The molecule has 0 radical (unpaired) electrons. The van der Waals surface area contributed by atoms with Crippen LogP contribution in [-0.4, -0.2) is 48.1 Å². The number of sulfonamides is 1. The van der Waals surface area contributed by atoms with Crippen LogP contribution in [0, 0.1) is 11.2 Å². The number of carboxylic acids is 1. The number of nitrogens with two attached hydrogens (primary N) is 1. The molecule has 2 rings (SSSR count). The second kappa shape index (κ2) is 9.71. The number of benzene rings is 1. The van der Waals surface area contributed by atoms with E-state index in [1.807, 2.05) is 4.72 Å². The number of anilines is 2. The molecule has 0 aliphatic heterocycles. The molecule has 1 aromatic carbocycles. The molecule has 0 saturated heterocycles. The number of aromatic nitrogens is 1. The second-order valence-electron chi connectivity index (χ2n) is 5.66. The van der Waals surface area contributed by atoms with Crippen LogP contribution in [0.4, 0.5) is 19.9 Å². The van der Waals surface area contributed by atoms with Gasteiger partial charge in [0.05, 0.1) is 16.1 Å². The molecule has 1 aromatic heterocycles. The Morgan fingerprint density at radius 2 is 2.03 bits per heavy atom. The minimum Gasteiger partial charge on any atom is -0.476 e. The molecule has 31 heavy (non-hydrogen) atoms. The molecule has 2 aromatic rings. The molecule has 16 heteroatoms. The molecular formula is C15H15FN6O6S3. The van der Waals surface area contributed by atoms with Gasteiger partial charge in [-0.1, -0.05) is 12.6 Å². The number of nitrogens with one attached hydrogen (secondary N) is 3. The predicted molar refractivity (Wildman–Crippen MR) is 113 cm³/mol. The molecule has 0 fully saturated rings. The Balaban J connectivity index is 2.30. The van der Waals surface area contributed by atoms with Crippen molar-refractivity contribution < 1.29 is 32.3 Å². The number of nitrogens with zero attached hydrogens (tertiary/aromatic N) is 2. The Morgan fingerprint density at radius 3 is 2.58 bits per heavy atom. The number of guanidine groups is 1. The highest BCUT2D eigenvalue weighted by Crippen LogP contribution is 2.28. The van der Waals surface area contributed by atoms with E-state index in [-0.39, 0.29) is 18.0 Å². The van der Waals surface area contributed by atoms with Crippen molar-refractivity contribution >= 4 is 67.8 Å². The lowest BCUT2D eigenvalue weighted by Crippen LogP contribution is -2.38. The molecule has 0 bridgehead atoms. The average molecular weight is 491 g/mol. The number of thiol groups is 1. The Labute approximate surface area is 184 Å².